The van der Waals surface area contributed by atoms with Gasteiger partial charge in [-0.1, -0.05) is 6.07 Å². The van der Waals surface area contributed by atoms with E-state index in [1.165, 1.54) is 0 Å². The summed E-state index contributed by atoms with van der Waals surface area (Å²) in [5.41, 5.74) is 2.09. The molecule has 0 saturated carbocycles. The Kier molecular flexibility index (Phi) is 15.4. The van der Waals surface area contributed by atoms with Crippen LogP contribution in [0.3, 0.4) is 0 Å². The van der Waals surface area contributed by atoms with Crippen molar-refractivity contribution < 1.29 is 46.4 Å². The smallest absolute Gasteiger partial charge is 0.472 e. The second-order valence-corrected chi connectivity index (χ2v) is 14.3. The number of aryl methyl sites for hydroxylation is 1. The lowest BCUT2D eigenvalue weighted by Crippen LogP contribution is -2.29. The van der Waals surface area contributed by atoms with E-state index in [4.69, 9.17) is 21.2 Å². The number of Topliss-reactive ketones (excluding diaryl/α,β-unsaturated/α-hetero) is 1. The van der Waals surface area contributed by atoms with Gasteiger partial charge in [-0.25, -0.2) is 13.3 Å². The summed E-state index contributed by atoms with van der Waals surface area (Å²) in [6, 6.07) is 9.73. The molecule has 286 valence electrons. The van der Waals surface area contributed by atoms with Gasteiger partial charge in [0.15, 0.2) is 22.5 Å². The summed E-state index contributed by atoms with van der Waals surface area (Å²) >= 11 is 5.46. The van der Waals surface area contributed by atoms with Crippen molar-refractivity contribution in [1.82, 2.24) is 10.6 Å². The van der Waals surface area contributed by atoms with E-state index in [0.29, 0.717) is 72.5 Å². The van der Waals surface area contributed by atoms with Gasteiger partial charge in [-0.2, -0.15) is 0 Å². The van der Waals surface area contributed by atoms with Crippen LogP contribution < -0.4 is 21.4 Å². The molecule has 5 N–H and O–H groups in total. The second kappa shape index (κ2) is 19.7. The Morgan fingerprint density at radius 2 is 1.60 bits per heavy atom. The van der Waals surface area contributed by atoms with Crippen molar-refractivity contribution in [2.24, 2.45) is 0 Å². The van der Waals surface area contributed by atoms with E-state index in [-0.39, 0.29) is 48.2 Å². The van der Waals surface area contributed by atoms with Crippen LogP contribution in [-0.4, -0.2) is 53.1 Å². The average Bonchev–Trinajstić information content (AvgIpc) is 3.09. The maximum atomic E-state index is 14.5. The van der Waals surface area contributed by atoms with Crippen LogP contribution in [0.25, 0.3) is 33.4 Å². The molecule has 0 saturated heterocycles. The van der Waals surface area contributed by atoms with Gasteiger partial charge in [-0.3, -0.25) is 23.4 Å². The molecule has 1 atom stereocenters. The summed E-state index contributed by atoms with van der Waals surface area (Å²) in [7, 11) is -4.04. The number of carbonyl (C=O) groups excluding carboxylic acids is 2. The lowest BCUT2D eigenvalue weighted by atomic mass is 9.91. The third-order valence-corrected chi connectivity index (χ3v) is 9.65. The van der Waals surface area contributed by atoms with Crippen molar-refractivity contribution in [1.29, 1.82) is 0 Å². The minimum absolute atomic E-state index is 0.0133. The lowest BCUT2D eigenvalue weighted by Gasteiger charge is -2.18. The molecule has 1 heterocycles. The highest BCUT2D eigenvalue weighted by atomic mass is 32.1. The summed E-state index contributed by atoms with van der Waals surface area (Å²) in [6.45, 7) is 4.58. The van der Waals surface area contributed by atoms with E-state index in [9.17, 15) is 37.7 Å². The number of amides is 1. The van der Waals surface area contributed by atoms with Crippen LogP contribution in [0, 0.1) is 18.6 Å². The molecule has 4 rings (SSSR count). The molecular formula is C37H44F2N3O9PS. The summed E-state index contributed by atoms with van der Waals surface area (Å²) < 4.78 is 55.4. The molecule has 1 amide bonds. The Labute approximate surface area is 311 Å². The van der Waals surface area contributed by atoms with Gasteiger partial charge in [0.25, 0.3) is 0 Å². The van der Waals surface area contributed by atoms with Crippen LogP contribution in [-0.2, 0) is 23.2 Å². The molecule has 0 spiro atoms. The van der Waals surface area contributed by atoms with Crippen LogP contribution in [0.2, 0.25) is 0 Å². The molecule has 0 bridgehead atoms. The minimum Gasteiger partial charge on any atom is -0.505 e. The summed E-state index contributed by atoms with van der Waals surface area (Å²) in [5.74, 6) is -2.41. The third-order valence-electron chi connectivity index (χ3n) is 8.31. The zero-order valence-electron chi connectivity index (χ0n) is 29.6. The fraction of sp³-hybridized carbons (Fsp3) is 0.405. The number of carbonyl (C=O) groups is 2. The Morgan fingerprint density at radius 1 is 0.887 bits per heavy atom. The van der Waals surface area contributed by atoms with Crippen molar-refractivity contribution in [3.05, 3.63) is 69.9 Å². The molecule has 0 aromatic heterocycles. The van der Waals surface area contributed by atoms with Gasteiger partial charge < -0.3 is 30.4 Å². The predicted octanol–water partition coefficient (Wildman–Crippen LogP) is 7.49. The van der Waals surface area contributed by atoms with Gasteiger partial charge in [-0.15, -0.1) is 0 Å². The van der Waals surface area contributed by atoms with Crippen LogP contribution in [0.5, 0.6) is 5.75 Å². The Bertz CT molecular complexity index is 2010. The van der Waals surface area contributed by atoms with Crippen molar-refractivity contribution in [2.75, 3.05) is 31.6 Å². The first-order valence-corrected chi connectivity index (χ1v) is 19.3. The number of fused-ring (bicyclic) bond motifs is 2. The number of benzene rings is 3. The summed E-state index contributed by atoms with van der Waals surface area (Å²) in [5, 5.41) is 19.8. The van der Waals surface area contributed by atoms with E-state index < -0.39 is 30.6 Å². The van der Waals surface area contributed by atoms with Gasteiger partial charge in [0, 0.05) is 66.7 Å². The van der Waals surface area contributed by atoms with Crippen molar-refractivity contribution in [2.45, 2.75) is 71.6 Å². The molecule has 1 aliphatic carbocycles. The first-order valence-electron chi connectivity index (χ1n) is 17.4. The highest BCUT2D eigenvalue weighted by Crippen LogP contribution is 2.44. The van der Waals surface area contributed by atoms with Gasteiger partial charge >= 0.3 is 7.82 Å². The molecule has 1 unspecified atom stereocenters. The van der Waals surface area contributed by atoms with Gasteiger partial charge in [-0.05, 0) is 100.0 Å². The van der Waals surface area contributed by atoms with E-state index in [1.807, 2.05) is 13.0 Å². The number of hydrogen-bond donors (Lipinski definition) is 5. The molecule has 12 nitrogen and oxygen atoms in total. The maximum absolute atomic E-state index is 14.5. The number of hydrogen-bond acceptors (Lipinski definition) is 9. The minimum atomic E-state index is -4.04. The predicted molar refractivity (Wildman–Crippen MR) is 202 cm³/mol. The Balaban J connectivity index is 1.15. The largest absolute Gasteiger partial charge is 0.505 e. The number of rotatable bonds is 20. The van der Waals surface area contributed by atoms with Crippen molar-refractivity contribution >= 4 is 53.5 Å². The van der Waals surface area contributed by atoms with Crippen molar-refractivity contribution in [3.63, 3.8) is 0 Å². The molecule has 0 fully saturated rings. The third kappa shape index (κ3) is 12.4. The van der Waals surface area contributed by atoms with E-state index >= 15 is 0 Å². The normalized spacial score (nSPS) is 12.5. The molecule has 2 aliphatic rings. The Morgan fingerprint density at radius 3 is 2.34 bits per heavy atom. The van der Waals surface area contributed by atoms with Crippen LogP contribution in [0.15, 0.2) is 51.7 Å². The fourth-order valence-electron chi connectivity index (χ4n) is 5.72. The molecule has 2 aromatic rings. The number of ketones is 1. The maximum Gasteiger partial charge on any atom is 0.472 e. The standard InChI is InChI=1S/C37H44F2N3O9PS/c1-3-49-52(47,48)50-17-9-11-25(43)10-5-6-12-35(46)40-15-7-4-8-16-41-37(53)42-24-13-14-26(23(2)18-24)36-27-19-29(38)31(44)21-33(27)51-34-22-32(45)30(39)20-28(34)36/h13-14,18-22,44H,3-12,15-17H2,1-2H3,(H,40,46)(H,47,48)(H2,41,42,53). The first kappa shape index (κ1) is 41.5. The van der Waals surface area contributed by atoms with Crippen LogP contribution in [0.1, 0.15) is 70.3 Å². The quantitative estimate of drug-likeness (QED) is 0.0259. The zero-order chi connectivity index (χ0) is 38.5. The number of phosphoric acid groups is 1. The molecule has 0 radical (unpaired) electrons. The van der Waals surface area contributed by atoms with Crippen LogP contribution in [0.4, 0.5) is 14.5 Å². The summed E-state index contributed by atoms with van der Waals surface area (Å²) in [4.78, 5) is 45.5. The van der Waals surface area contributed by atoms with Gasteiger partial charge in [0.05, 0.1) is 13.2 Å². The number of unbranched alkanes of at least 4 members (excludes halogenated alkanes) is 3. The number of aromatic hydroxyl groups is 1. The van der Waals surface area contributed by atoms with Crippen LogP contribution >= 0.6 is 20.0 Å². The van der Waals surface area contributed by atoms with Crippen molar-refractivity contribution in [3.8, 4) is 28.2 Å². The molecule has 53 heavy (non-hydrogen) atoms. The average molecular weight is 776 g/mol. The molecule has 16 heteroatoms. The fourth-order valence-corrected chi connectivity index (χ4v) is 6.70. The monoisotopic (exact) mass is 775 g/mol. The van der Waals surface area contributed by atoms with Gasteiger partial charge in [0.2, 0.25) is 11.3 Å². The highest BCUT2D eigenvalue weighted by molar-refractivity contribution is 7.80. The number of anilines is 1. The molecule has 1 aliphatic heterocycles. The number of thiocarbonyl (C=S) groups is 1. The SMILES string of the molecule is CCOP(=O)(O)OCCCC(=O)CCCCC(=O)NCCCCCNC(=S)Nc1ccc(-c2c3cc(F)c(=O)cc-3oc3cc(O)c(F)cc23)c(C)c1. The van der Waals surface area contributed by atoms with E-state index in [2.05, 4.69) is 20.5 Å². The molecular weight excluding hydrogens is 731 g/mol. The number of phosphoric ester groups is 1. The lowest BCUT2D eigenvalue weighted by molar-refractivity contribution is -0.122. The molecule has 2 aromatic carbocycles. The highest BCUT2D eigenvalue weighted by Gasteiger charge is 2.22. The Hall–Kier alpha value is -4.27. The number of halogens is 2. The van der Waals surface area contributed by atoms with E-state index in [0.717, 1.165) is 49.1 Å². The topological polar surface area (TPSA) is 176 Å². The van der Waals surface area contributed by atoms with E-state index in [1.54, 1.807) is 19.1 Å². The number of nitrogens with one attached hydrogen (secondary N) is 3. The second-order valence-electron chi connectivity index (χ2n) is 12.4. The number of phenolic OH excluding ortho intramolecular Hbond substituents is 1. The van der Waals surface area contributed by atoms with Gasteiger partial charge in [0.1, 0.15) is 17.1 Å². The first-order chi connectivity index (χ1) is 25.3. The zero-order valence-corrected chi connectivity index (χ0v) is 31.3. The summed E-state index contributed by atoms with van der Waals surface area (Å²) in [6.07, 6.45) is 4.87. The number of phenols is 1.